The number of nitro groups is 1. The van der Waals surface area contributed by atoms with Gasteiger partial charge < -0.3 is 16.2 Å². The number of para-hydroxylation sites is 2. The van der Waals surface area contributed by atoms with Gasteiger partial charge in [0.1, 0.15) is 5.69 Å². The van der Waals surface area contributed by atoms with Crippen molar-refractivity contribution in [2.75, 3.05) is 5.32 Å². The highest BCUT2D eigenvalue weighted by Gasteiger charge is 2.20. The van der Waals surface area contributed by atoms with Crippen LogP contribution in [0.5, 0.6) is 0 Å². The molecular weight excluding hydrogens is 242 g/mol. The van der Waals surface area contributed by atoms with E-state index in [1.807, 2.05) is 0 Å². The summed E-state index contributed by atoms with van der Waals surface area (Å²) in [5, 5.41) is 21.4. The maximum absolute atomic E-state index is 11.5. The first-order valence-corrected chi connectivity index (χ1v) is 4.93. The average Bonchev–Trinajstić information content (AvgIpc) is 2.28. The van der Waals surface area contributed by atoms with Gasteiger partial charge in [0.2, 0.25) is 5.91 Å². The molecular formula is C10H11N3O5. The Balaban J connectivity index is 2.82. The van der Waals surface area contributed by atoms with Gasteiger partial charge in [-0.15, -0.1) is 0 Å². The minimum atomic E-state index is -1.26. The molecule has 1 rings (SSSR count). The van der Waals surface area contributed by atoms with E-state index in [0.717, 1.165) is 0 Å². The van der Waals surface area contributed by atoms with E-state index in [1.54, 1.807) is 0 Å². The number of anilines is 1. The monoisotopic (exact) mass is 253 g/mol. The molecule has 0 saturated heterocycles. The van der Waals surface area contributed by atoms with Crippen molar-refractivity contribution < 1.29 is 19.6 Å². The molecule has 0 aliphatic heterocycles. The lowest BCUT2D eigenvalue weighted by Gasteiger charge is -2.10. The van der Waals surface area contributed by atoms with Gasteiger partial charge in [-0.2, -0.15) is 0 Å². The van der Waals surface area contributed by atoms with Gasteiger partial charge in [-0.1, -0.05) is 12.1 Å². The molecule has 1 aromatic carbocycles. The summed E-state index contributed by atoms with van der Waals surface area (Å²) in [7, 11) is 0. The maximum atomic E-state index is 11.5. The highest BCUT2D eigenvalue weighted by molar-refractivity contribution is 5.98. The summed E-state index contributed by atoms with van der Waals surface area (Å²) in [5.74, 6) is -2.01. The number of carboxylic acid groups (broad SMARTS) is 1. The Morgan fingerprint density at radius 3 is 2.61 bits per heavy atom. The van der Waals surface area contributed by atoms with Crippen molar-refractivity contribution in [2.45, 2.75) is 12.5 Å². The number of benzene rings is 1. The fraction of sp³-hybridized carbons (Fsp3) is 0.200. The second kappa shape index (κ2) is 5.73. The number of hydrogen-bond acceptors (Lipinski definition) is 5. The van der Waals surface area contributed by atoms with E-state index in [1.165, 1.54) is 24.3 Å². The molecule has 1 unspecified atom stereocenters. The SMILES string of the molecule is NC(CC(=O)O)C(=O)Nc1ccccc1[N+](=O)[O-]. The standard InChI is InChI=1S/C10H11N3O5/c11-6(5-9(14)15)10(16)12-7-3-1-2-4-8(7)13(17)18/h1-4,6H,5,11H2,(H,12,16)(H,14,15). The molecule has 0 aliphatic rings. The van der Waals surface area contributed by atoms with Crippen LogP contribution in [-0.4, -0.2) is 27.9 Å². The summed E-state index contributed by atoms with van der Waals surface area (Å²) in [5.41, 5.74) is 5.03. The Labute approximate surface area is 102 Å². The molecule has 0 radical (unpaired) electrons. The summed E-state index contributed by atoms with van der Waals surface area (Å²) in [6.07, 6.45) is -0.549. The number of hydrogen-bond donors (Lipinski definition) is 3. The number of amides is 1. The molecule has 0 fully saturated rings. The van der Waals surface area contributed by atoms with Crippen LogP contribution in [0.2, 0.25) is 0 Å². The minimum Gasteiger partial charge on any atom is -0.481 e. The zero-order chi connectivity index (χ0) is 13.7. The first-order chi connectivity index (χ1) is 8.41. The number of aliphatic carboxylic acids is 1. The number of nitrogens with two attached hydrogens (primary N) is 1. The lowest BCUT2D eigenvalue weighted by Crippen LogP contribution is -2.37. The Morgan fingerprint density at radius 2 is 2.06 bits per heavy atom. The van der Waals surface area contributed by atoms with E-state index in [0.29, 0.717) is 0 Å². The molecule has 18 heavy (non-hydrogen) atoms. The van der Waals surface area contributed by atoms with Crippen LogP contribution in [-0.2, 0) is 9.59 Å². The van der Waals surface area contributed by atoms with Gasteiger partial charge in [-0.05, 0) is 6.07 Å². The quantitative estimate of drug-likeness (QED) is 0.511. The normalized spacial score (nSPS) is 11.6. The lowest BCUT2D eigenvalue weighted by molar-refractivity contribution is -0.383. The highest BCUT2D eigenvalue weighted by Crippen LogP contribution is 2.23. The third kappa shape index (κ3) is 3.52. The van der Waals surface area contributed by atoms with Gasteiger partial charge >= 0.3 is 5.97 Å². The largest absolute Gasteiger partial charge is 0.481 e. The predicted molar refractivity (Wildman–Crippen MR) is 62.0 cm³/mol. The summed E-state index contributed by atoms with van der Waals surface area (Å²) in [6, 6.07) is 4.25. The van der Waals surface area contributed by atoms with E-state index in [-0.39, 0.29) is 11.4 Å². The number of nitro benzene ring substituents is 1. The number of carboxylic acids is 1. The van der Waals surface area contributed by atoms with E-state index < -0.39 is 29.3 Å². The molecule has 0 bridgehead atoms. The van der Waals surface area contributed by atoms with Crippen molar-refractivity contribution in [3.05, 3.63) is 34.4 Å². The van der Waals surface area contributed by atoms with Crippen LogP contribution in [0.3, 0.4) is 0 Å². The number of rotatable bonds is 5. The molecule has 8 heteroatoms. The maximum Gasteiger partial charge on any atom is 0.305 e. The van der Waals surface area contributed by atoms with Gasteiger partial charge in [-0.25, -0.2) is 0 Å². The van der Waals surface area contributed by atoms with E-state index in [4.69, 9.17) is 10.8 Å². The topological polar surface area (TPSA) is 136 Å². The fourth-order valence-electron chi connectivity index (χ4n) is 1.24. The van der Waals surface area contributed by atoms with Crippen LogP contribution in [0.25, 0.3) is 0 Å². The lowest BCUT2D eigenvalue weighted by atomic mass is 10.2. The summed E-state index contributed by atoms with van der Waals surface area (Å²) in [4.78, 5) is 31.9. The number of carbonyl (C=O) groups is 2. The molecule has 4 N–H and O–H groups in total. The number of carbonyl (C=O) groups excluding carboxylic acids is 1. The number of nitrogens with zero attached hydrogens (tertiary/aromatic N) is 1. The van der Waals surface area contributed by atoms with Crippen LogP contribution < -0.4 is 11.1 Å². The van der Waals surface area contributed by atoms with Crippen LogP contribution in [0, 0.1) is 10.1 Å². The molecule has 0 heterocycles. The summed E-state index contributed by atoms with van der Waals surface area (Å²) >= 11 is 0. The summed E-state index contributed by atoms with van der Waals surface area (Å²) in [6.45, 7) is 0. The predicted octanol–water partition coefficient (Wildman–Crippen LogP) is 0.335. The molecule has 0 saturated carbocycles. The second-order valence-electron chi connectivity index (χ2n) is 3.47. The third-order valence-electron chi connectivity index (χ3n) is 2.09. The molecule has 1 atom stereocenters. The van der Waals surface area contributed by atoms with Crippen LogP contribution >= 0.6 is 0 Å². The average molecular weight is 253 g/mol. The van der Waals surface area contributed by atoms with Crippen molar-refractivity contribution in [1.82, 2.24) is 0 Å². The smallest absolute Gasteiger partial charge is 0.305 e. The van der Waals surface area contributed by atoms with E-state index >= 15 is 0 Å². The second-order valence-corrected chi connectivity index (χ2v) is 3.47. The zero-order valence-electron chi connectivity index (χ0n) is 9.20. The van der Waals surface area contributed by atoms with Gasteiger partial charge in [0.15, 0.2) is 0 Å². The zero-order valence-corrected chi connectivity index (χ0v) is 9.20. The Bertz CT molecular complexity index is 488. The van der Waals surface area contributed by atoms with E-state index in [9.17, 15) is 19.7 Å². The highest BCUT2D eigenvalue weighted by atomic mass is 16.6. The van der Waals surface area contributed by atoms with Crippen LogP contribution in [0.15, 0.2) is 24.3 Å². The minimum absolute atomic E-state index is 0.0201. The first kappa shape index (κ1) is 13.6. The number of nitrogens with one attached hydrogen (secondary N) is 1. The first-order valence-electron chi connectivity index (χ1n) is 4.93. The Morgan fingerprint density at radius 1 is 1.44 bits per heavy atom. The van der Waals surface area contributed by atoms with E-state index in [2.05, 4.69) is 5.32 Å². The molecule has 8 nitrogen and oxygen atoms in total. The van der Waals surface area contributed by atoms with Crippen LogP contribution in [0.4, 0.5) is 11.4 Å². The van der Waals surface area contributed by atoms with Crippen molar-refractivity contribution in [1.29, 1.82) is 0 Å². The van der Waals surface area contributed by atoms with Crippen LogP contribution in [0.1, 0.15) is 6.42 Å². The molecule has 0 aromatic heterocycles. The summed E-state index contributed by atoms with van der Waals surface area (Å²) < 4.78 is 0. The van der Waals surface area contributed by atoms with Crippen molar-refractivity contribution in [3.8, 4) is 0 Å². The molecule has 0 spiro atoms. The van der Waals surface area contributed by atoms with Crippen molar-refractivity contribution >= 4 is 23.3 Å². The third-order valence-corrected chi connectivity index (χ3v) is 2.09. The van der Waals surface area contributed by atoms with Gasteiger partial charge in [-0.3, -0.25) is 19.7 Å². The van der Waals surface area contributed by atoms with Gasteiger partial charge in [0.05, 0.1) is 17.4 Å². The molecule has 0 aliphatic carbocycles. The Kier molecular flexibility index (Phi) is 4.33. The van der Waals surface area contributed by atoms with Crippen molar-refractivity contribution in [3.63, 3.8) is 0 Å². The van der Waals surface area contributed by atoms with Gasteiger partial charge in [0.25, 0.3) is 5.69 Å². The molecule has 1 amide bonds. The fourth-order valence-corrected chi connectivity index (χ4v) is 1.24. The van der Waals surface area contributed by atoms with Gasteiger partial charge in [0, 0.05) is 6.07 Å². The Hall–Kier alpha value is -2.48. The molecule has 1 aromatic rings. The van der Waals surface area contributed by atoms with Crippen molar-refractivity contribution in [2.24, 2.45) is 5.73 Å². The molecule has 96 valence electrons.